The molecule has 2 aliphatic heterocycles. The molecule has 2 heterocycles. The van der Waals surface area contributed by atoms with Crippen LogP contribution < -0.4 is 19.7 Å². The number of nitrogens with one attached hydrogen (secondary N) is 1. The van der Waals surface area contributed by atoms with Crippen LogP contribution in [0.4, 0.5) is 16.2 Å². The van der Waals surface area contributed by atoms with Crippen LogP contribution in [-0.2, 0) is 5.41 Å². The second kappa shape index (κ2) is 7.85. The van der Waals surface area contributed by atoms with Gasteiger partial charge in [0.25, 0.3) is 0 Å². The molecule has 1 N–H and O–H groups in total. The van der Waals surface area contributed by atoms with Gasteiger partial charge in [-0.3, -0.25) is 0 Å². The van der Waals surface area contributed by atoms with Crippen molar-refractivity contribution < 1.29 is 14.3 Å². The summed E-state index contributed by atoms with van der Waals surface area (Å²) in [5.74, 6) is 1.40. The fourth-order valence-corrected chi connectivity index (χ4v) is 3.86. The van der Waals surface area contributed by atoms with Gasteiger partial charge in [-0.25, -0.2) is 4.79 Å². The summed E-state index contributed by atoms with van der Waals surface area (Å²) in [5.41, 5.74) is 3.42. The smallest absolute Gasteiger partial charge is 0.321 e. The van der Waals surface area contributed by atoms with Crippen molar-refractivity contribution in [1.82, 2.24) is 4.90 Å². The maximum Gasteiger partial charge on any atom is 0.321 e. The summed E-state index contributed by atoms with van der Waals surface area (Å²) in [4.78, 5) is 17.0. The highest BCUT2D eigenvalue weighted by Crippen LogP contribution is 2.34. The van der Waals surface area contributed by atoms with Crippen molar-refractivity contribution in [3.05, 3.63) is 48.0 Å². The zero-order valence-corrected chi connectivity index (χ0v) is 17.4. The lowest BCUT2D eigenvalue weighted by Gasteiger charge is -2.38. The number of piperazine rings is 1. The molecule has 0 atom stereocenters. The molecule has 6 heteroatoms. The normalized spacial score (nSPS) is 16.5. The number of carbonyl (C=O) groups is 1. The number of nitrogens with zero attached hydrogens (tertiary/aromatic N) is 2. The maximum atomic E-state index is 12.7. The Labute approximate surface area is 172 Å². The van der Waals surface area contributed by atoms with Gasteiger partial charge in [-0.15, -0.1) is 0 Å². The molecule has 1 saturated heterocycles. The molecule has 4 rings (SSSR count). The molecule has 2 aromatic rings. The quantitative estimate of drug-likeness (QED) is 0.832. The van der Waals surface area contributed by atoms with Gasteiger partial charge in [0.2, 0.25) is 0 Å². The SMILES string of the molecule is CC(C)(C)c1ccccc1N1CCN(C(=O)Nc2ccc3c(c2)OCCO3)CC1. The van der Waals surface area contributed by atoms with Crippen molar-refractivity contribution >= 4 is 17.4 Å². The Kier molecular flexibility index (Phi) is 5.26. The molecule has 0 unspecified atom stereocenters. The number of benzene rings is 2. The van der Waals surface area contributed by atoms with Crippen LogP contribution in [0.15, 0.2) is 42.5 Å². The largest absolute Gasteiger partial charge is 0.486 e. The molecule has 0 spiro atoms. The molecular weight excluding hydrogens is 366 g/mol. The fourth-order valence-electron chi connectivity index (χ4n) is 3.86. The fraction of sp³-hybridized carbons (Fsp3) is 0.435. The Morgan fingerprint density at radius 1 is 0.931 bits per heavy atom. The second-order valence-corrected chi connectivity index (χ2v) is 8.53. The summed E-state index contributed by atoms with van der Waals surface area (Å²) in [6.07, 6.45) is 0. The molecule has 29 heavy (non-hydrogen) atoms. The van der Waals surface area contributed by atoms with E-state index < -0.39 is 0 Å². The first kappa shape index (κ1) is 19.4. The highest BCUT2D eigenvalue weighted by atomic mass is 16.6. The van der Waals surface area contributed by atoms with Crippen LogP contribution in [0.3, 0.4) is 0 Å². The Hall–Kier alpha value is -2.89. The Morgan fingerprint density at radius 2 is 1.62 bits per heavy atom. The number of para-hydroxylation sites is 1. The van der Waals surface area contributed by atoms with E-state index in [1.807, 2.05) is 23.1 Å². The molecule has 0 bridgehead atoms. The average molecular weight is 396 g/mol. The third-order valence-corrected chi connectivity index (χ3v) is 5.41. The third kappa shape index (κ3) is 4.26. The molecule has 0 aliphatic carbocycles. The van der Waals surface area contributed by atoms with Gasteiger partial charge < -0.3 is 24.6 Å². The Balaban J connectivity index is 1.38. The first-order chi connectivity index (χ1) is 13.9. The summed E-state index contributed by atoms with van der Waals surface area (Å²) in [6.45, 7) is 10.8. The minimum Gasteiger partial charge on any atom is -0.486 e. The van der Waals surface area contributed by atoms with Crippen molar-refractivity contribution in [3.8, 4) is 11.5 Å². The molecule has 1 fully saturated rings. The van der Waals surface area contributed by atoms with Crippen molar-refractivity contribution in [2.75, 3.05) is 49.6 Å². The highest BCUT2D eigenvalue weighted by molar-refractivity contribution is 5.90. The number of amides is 2. The van der Waals surface area contributed by atoms with Gasteiger partial charge in [0.15, 0.2) is 11.5 Å². The molecular formula is C23H29N3O3. The van der Waals surface area contributed by atoms with Crippen molar-refractivity contribution in [2.45, 2.75) is 26.2 Å². The molecule has 0 aromatic heterocycles. The number of rotatable bonds is 2. The molecule has 2 aromatic carbocycles. The van der Waals surface area contributed by atoms with Crippen molar-refractivity contribution in [3.63, 3.8) is 0 Å². The zero-order chi connectivity index (χ0) is 20.4. The summed E-state index contributed by atoms with van der Waals surface area (Å²) < 4.78 is 11.1. The van der Waals surface area contributed by atoms with E-state index in [0.717, 1.165) is 24.5 Å². The first-order valence-corrected chi connectivity index (χ1v) is 10.2. The van der Waals surface area contributed by atoms with Gasteiger partial charge in [-0.2, -0.15) is 0 Å². The summed E-state index contributed by atoms with van der Waals surface area (Å²) in [6, 6.07) is 14.0. The van der Waals surface area contributed by atoms with Gasteiger partial charge in [-0.1, -0.05) is 39.0 Å². The lowest BCUT2D eigenvalue weighted by atomic mass is 9.85. The Bertz CT molecular complexity index is 883. The van der Waals surface area contributed by atoms with E-state index in [2.05, 4.69) is 55.3 Å². The van der Waals surface area contributed by atoms with Crippen LogP contribution in [0.2, 0.25) is 0 Å². The lowest BCUT2D eigenvalue weighted by Crippen LogP contribution is -2.50. The molecule has 2 amide bonds. The van der Waals surface area contributed by atoms with Crippen molar-refractivity contribution in [2.24, 2.45) is 0 Å². The van der Waals surface area contributed by atoms with Gasteiger partial charge >= 0.3 is 6.03 Å². The van der Waals surface area contributed by atoms with Crippen LogP contribution in [0, 0.1) is 0 Å². The summed E-state index contributed by atoms with van der Waals surface area (Å²) in [5, 5.41) is 2.98. The van der Waals surface area contributed by atoms with Gasteiger partial charge in [0.05, 0.1) is 0 Å². The third-order valence-electron chi connectivity index (χ3n) is 5.41. The monoisotopic (exact) mass is 395 g/mol. The Morgan fingerprint density at radius 3 is 2.34 bits per heavy atom. The second-order valence-electron chi connectivity index (χ2n) is 8.53. The lowest BCUT2D eigenvalue weighted by molar-refractivity contribution is 0.171. The molecule has 0 radical (unpaired) electrons. The molecule has 6 nitrogen and oxygen atoms in total. The number of hydrogen-bond acceptors (Lipinski definition) is 4. The van der Waals surface area contributed by atoms with E-state index >= 15 is 0 Å². The van der Waals surface area contributed by atoms with Gasteiger partial charge in [-0.05, 0) is 29.2 Å². The standard InChI is InChI=1S/C23H29N3O3/c1-23(2,3)18-6-4-5-7-19(18)25-10-12-26(13-11-25)22(27)24-17-8-9-20-21(16-17)29-15-14-28-20/h4-9,16H,10-15H2,1-3H3,(H,24,27). The highest BCUT2D eigenvalue weighted by Gasteiger charge is 2.26. The molecule has 154 valence electrons. The van der Waals surface area contributed by atoms with E-state index in [-0.39, 0.29) is 11.4 Å². The maximum absolute atomic E-state index is 12.7. The topological polar surface area (TPSA) is 54.0 Å². The van der Waals surface area contributed by atoms with E-state index in [9.17, 15) is 4.79 Å². The van der Waals surface area contributed by atoms with E-state index in [0.29, 0.717) is 32.1 Å². The van der Waals surface area contributed by atoms with Crippen molar-refractivity contribution in [1.29, 1.82) is 0 Å². The van der Waals surface area contributed by atoms with Crippen LogP contribution in [0.25, 0.3) is 0 Å². The van der Waals surface area contributed by atoms with E-state index in [4.69, 9.17) is 9.47 Å². The number of hydrogen-bond donors (Lipinski definition) is 1. The number of fused-ring (bicyclic) bond motifs is 1. The summed E-state index contributed by atoms with van der Waals surface area (Å²) in [7, 11) is 0. The van der Waals surface area contributed by atoms with E-state index in [1.165, 1.54) is 11.3 Å². The molecule has 0 saturated carbocycles. The van der Waals surface area contributed by atoms with Crippen LogP contribution in [0.5, 0.6) is 11.5 Å². The van der Waals surface area contributed by atoms with Crippen LogP contribution in [-0.4, -0.2) is 50.3 Å². The molecule has 2 aliphatic rings. The van der Waals surface area contributed by atoms with Crippen LogP contribution >= 0.6 is 0 Å². The van der Waals surface area contributed by atoms with Gasteiger partial charge in [0.1, 0.15) is 13.2 Å². The number of anilines is 2. The first-order valence-electron chi connectivity index (χ1n) is 10.2. The average Bonchev–Trinajstić information content (AvgIpc) is 2.73. The predicted molar refractivity (Wildman–Crippen MR) is 115 cm³/mol. The van der Waals surface area contributed by atoms with Crippen LogP contribution in [0.1, 0.15) is 26.3 Å². The number of urea groups is 1. The zero-order valence-electron chi connectivity index (χ0n) is 17.4. The van der Waals surface area contributed by atoms with E-state index in [1.54, 1.807) is 0 Å². The number of carbonyl (C=O) groups excluding carboxylic acids is 1. The number of ether oxygens (including phenoxy) is 2. The minimum atomic E-state index is -0.0783. The van der Waals surface area contributed by atoms with Gasteiger partial charge in [0, 0.05) is 43.6 Å². The summed E-state index contributed by atoms with van der Waals surface area (Å²) >= 11 is 0. The predicted octanol–water partition coefficient (Wildman–Crippen LogP) is 4.11. The minimum absolute atomic E-state index is 0.0783.